The Labute approximate surface area is 112 Å². The van der Waals surface area contributed by atoms with Crippen molar-refractivity contribution in [2.24, 2.45) is 0 Å². The molecule has 0 spiro atoms. The SMILES string of the molecule is COc1ccsc1C(Br)Cc1ccccc1F. The molecule has 0 fully saturated rings. The van der Waals surface area contributed by atoms with Gasteiger partial charge >= 0.3 is 0 Å². The summed E-state index contributed by atoms with van der Waals surface area (Å²) in [5, 5.41) is 1.98. The number of methoxy groups -OCH3 is 1. The smallest absolute Gasteiger partial charge is 0.133 e. The van der Waals surface area contributed by atoms with Crippen molar-refractivity contribution in [1.82, 2.24) is 0 Å². The first kappa shape index (κ1) is 12.6. The van der Waals surface area contributed by atoms with E-state index in [2.05, 4.69) is 15.9 Å². The molecule has 1 atom stereocenters. The van der Waals surface area contributed by atoms with Gasteiger partial charge in [0.1, 0.15) is 11.6 Å². The van der Waals surface area contributed by atoms with Gasteiger partial charge in [0, 0.05) is 0 Å². The fourth-order valence-corrected chi connectivity index (χ4v) is 3.39. The second kappa shape index (κ2) is 5.65. The molecule has 17 heavy (non-hydrogen) atoms. The lowest BCUT2D eigenvalue weighted by Gasteiger charge is -2.10. The molecule has 0 N–H and O–H groups in total. The molecule has 0 radical (unpaired) electrons. The summed E-state index contributed by atoms with van der Waals surface area (Å²) >= 11 is 5.20. The molecule has 1 heterocycles. The van der Waals surface area contributed by atoms with Crippen LogP contribution in [0.4, 0.5) is 4.39 Å². The Balaban J connectivity index is 2.17. The zero-order valence-electron chi connectivity index (χ0n) is 9.32. The van der Waals surface area contributed by atoms with Crippen LogP contribution in [0.1, 0.15) is 15.3 Å². The summed E-state index contributed by atoms with van der Waals surface area (Å²) in [6.07, 6.45) is 0.615. The van der Waals surface area contributed by atoms with Crippen LogP contribution in [0.15, 0.2) is 35.7 Å². The fourth-order valence-electron chi connectivity index (χ4n) is 1.66. The van der Waals surface area contributed by atoms with Gasteiger partial charge in [-0.25, -0.2) is 4.39 Å². The highest BCUT2D eigenvalue weighted by Crippen LogP contribution is 2.38. The largest absolute Gasteiger partial charge is 0.496 e. The normalized spacial score (nSPS) is 12.4. The number of rotatable bonds is 4. The molecule has 0 aliphatic heterocycles. The number of benzene rings is 1. The molecule has 1 aromatic carbocycles. The minimum absolute atomic E-state index is 0.0781. The van der Waals surface area contributed by atoms with E-state index in [0.29, 0.717) is 12.0 Å². The van der Waals surface area contributed by atoms with Crippen LogP contribution in [0.2, 0.25) is 0 Å². The molecule has 4 heteroatoms. The van der Waals surface area contributed by atoms with E-state index in [1.165, 1.54) is 6.07 Å². The Bertz CT molecular complexity index is 498. The maximum absolute atomic E-state index is 13.5. The van der Waals surface area contributed by atoms with Crippen molar-refractivity contribution in [2.75, 3.05) is 7.11 Å². The second-order valence-corrected chi connectivity index (χ2v) is 5.67. The van der Waals surface area contributed by atoms with Gasteiger partial charge in [-0.2, -0.15) is 0 Å². The molecule has 0 aliphatic carbocycles. The molecule has 2 rings (SSSR count). The lowest BCUT2D eigenvalue weighted by molar-refractivity contribution is 0.412. The maximum atomic E-state index is 13.5. The van der Waals surface area contributed by atoms with E-state index in [4.69, 9.17) is 4.74 Å². The first-order valence-electron chi connectivity index (χ1n) is 5.21. The van der Waals surface area contributed by atoms with Gasteiger partial charge in [-0.3, -0.25) is 0 Å². The average Bonchev–Trinajstić information content (AvgIpc) is 2.80. The monoisotopic (exact) mass is 314 g/mol. The topological polar surface area (TPSA) is 9.23 Å². The van der Waals surface area contributed by atoms with Crippen LogP contribution in [-0.4, -0.2) is 7.11 Å². The lowest BCUT2D eigenvalue weighted by atomic mass is 10.1. The van der Waals surface area contributed by atoms with Crippen LogP contribution in [-0.2, 0) is 6.42 Å². The number of hydrogen-bond donors (Lipinski definition) is 0. The Morgan fingerprint density at radius 3 is 2.82 bits per heavy atom. The Hall–Kier alpha value is -0.870. The summed E-state index contributed by atoms with van der Waals surface area (Å²) in [4.78, 5) is 1.17. The third-order valence-corrected chi connectivity index (χ3v) is 4.62. The van der Waals surface area contributed by atoms with Crippen LogP contribution < -0.4 is 4.74 Å². The summed E-state index contributed by atoms with van der Waals surface area (Å²) in [7, 11) is 1.65. The van der Waals surface area contributed by atoms with Crippen molar-refractivity contribution in [3.8, 4) is 5.75 Å². The van der Waals surface area contributed by atoms with Crippen LogP contribution in [0.25, 0.3) is 0 Å². The fraction of sp³-hybridized carbons (Fsp3) is 0.231. The van der Waals surface area contributed by atoms with Gasteiger partial charge < -0.3 is 4.74 Å². The third-order valence-electron chi connectivity index (χ3n) is 2.52. The van der Waals surface area contributed by atoms with Crippen LogP contribution in [0.3, 0.4) is 0 Å². The minimum atomic E-state index is -0.160. The summed E-state index contributed by atoms with van der Waals surface area (Å²) in [5.74, 6) is 0.695. The van der Waals surface area contributed by atoms with E-state index in [0.717, 1.165) is 10.6 Å². The van der Waals surface area contributed by atoms with Crippen molar-refractivity contribution in [3.63, 3.8) is 0 Å². The molecule has 0 saturated heterocycles. The molecule has 0 aliphatic rings. The summed E-state index contributed by atoms with van der Waals surface area (Å²) in [6.45, 7) is 0. The first-order valence-corrected chi connectivity index (χ1v) is 7.00. The summed E-state index contributed by atoms with van der Waals surface area (Å²) < 4.78 is 18.8. The van der Waals surface area contributed by atoms with Gasteiger partial charge in [-0.05, 0) is 29.5 Å². The van der Waals surface area contributed by atoms with Crippen molar-refractivity contribution < 1.29 is 9.13 Å². The highest BCUT2D eigenvalue weighted by Gasteiger charge is 2.16. The van der Waals surface area contributed by atoms with Crippen LogP contribution in [0.5, 0.6) is 5.75 Å². The van der Waals surface area contributed by atoms with E-state index >= 15 is 0 Å². The van der Waals surface area contributed by atoms with E-state index in [9.17, 15) is 4.39 Å². The van der Waals surface area contributed by atoms with Gasteiger partial charge in [0.15, 0.2) is 0 Å². The van der Waals surface area contributed by atoms with Crippen LogP contribution >= 0.6 is 27.3 Å². The van der Waals surface area contributed by atoms with Crippen molar-refractivity contribution in [3.05, 3.63) is 52.0 Å². The highest BCUT2D eigenvalue weighted by atomic mass is 79.9. The Kier molecular flexibility index (Phi) is 4.18. The van der Waals surface area contributed by atoms with Crippen molar-refractivity contribution in [1.29, 1.82) is 0 Å². The molecule has 0 amide bonds. The molecular weight excluding hydrogens is 303 g/mol. The predicted octanol–water partition coefficient (Wildman–Crippen LogP) is 4.57. The van der Waals surface area contributed by atoms with Gasteiger partial charge in [0.2, 0.25) is 0 Å². The number of ether oxygens (including phenoxy) is 1. The highest BCUT2D eigenvalue weighted by molar-refractivity contribution is 9.09. The molecule has 0 bridgehead atoms. The second-order valence-electron chi connectivity index (χ2n) is 3.62. The molecule has 1 aromatic heterocycles. The lowest BCUT2D eigenvalue weighted by Crippen LogP contribution is -1.97. The van der Waals surface area contributed by atoms with Crippen molar-refractivity contribution in [2.45, 2.75) is 11.2 Å². The standard InChI is InChI=1S/C13H12BrFOS/c1-16-12-6-7-17-13(12)10(14)8-9-4-2-3-5-11(9)15/h2-7,10H,8H2,1H3. The Morgan fingerprint density at radius 2 is 2.12 bits per heavy atom. The van der Waals surface area contributed by atoms with Gasteiger partial charge in [-0.1, -0.05) is 34.1 Å². The quantitative estimate of drug-likeness (QED) is 0.751. The van der Waals surface area contributed by atoms with Crippen LogP contribution in [0, 0.1) is 5.82 Å². The number of halogens is 2. The molecular formula is C13H12BrFOS. The van der Waals surface area contributed by atoms with Gasteiger partial charge in [-0.15, -0.1) is 11.3 Å². The molecule has 1 unspecified atom stereocenters. The Morgan fingerprint density at radius 1 is 1.35 bits per heavy atom. The molecule has 1 nitrogen and oxygen atoms in total. The molecule has 90 valence electrons. The summed E-state index contributed by atoms with van der Waals surface area (Å²) in [5.41, 5.74) is 0.713. The van der Waals surface area contributed by atoms with Gasteiger partial charge in [0.05, 0.1) is 16.8 Å². The zero-order chi connectivity index (χ0) is 12.3. The van der Waals surface area contributed by atoms with E-state index in [1.54, 1.807) is 24.5 Å². The maximum Gasteiger partial charge on any atom is 0.133 e. The number of alkyl halides is 1. The van der Waals surface area contributed by atoms with E-state index < -0.39 is 0 Å². The number of thiophene rings is 1. The van der Waals surface area contributed by atoms with Gasteiger partial charge in [0.25, 0.3) is 0 Å². The average molecular weight is 315 g/mol. The third kappa shape index (κ3) is 2.87. The molecule has 2 aromatic rings. The minimum Gasteiger partial charge on any atom is -0.496 e. The first-order chi connectivity index (χ1) is 8.22. The predicted molar refractivity (Wildman–Crippen MR) is 72.6 cm³/mol. The van der Waals surface area contributed by atoms with E-state index in [-0.39, 0.29) is 10.6 Å². The van der Waals surface area contributed by atoms with Crippen molar-refractivity contribution >= 4 is 27.3 Å². The van der Waals surface area contributed by atoms with E-state index in [1.807, 2.05) is 23.6 Å². The zero-order valence-corrected chi connectivity index (χ0v) is 11.7. The summed E-state index contributed by atoms with van der Waals surface area (Å²) in [6, 6.07) is 8.78. The molecule has 0 saturated carbocycles. The number of hydrogen-bond acceptors (Lipinski definition) is 2.